The van der Waals surface area contributed by atoms with Crippen molar-refractivity contribution in [3.05, 3.63) is 52.7 Å². The lowest BCUT2D eigenvalue weighted by Crippen LogP contribution is -2.30. The molecule has 22 heavy (non-hydrogen) atoms. The zero-order valence-electron chi connectivity index (χ0n) is 12.6. The zero-order chi connectivity index (χ0) is 15.2. The van der Waals surface area contributed by atoms with Crippen molar-refractivity contribution < 1.29 is 4.79 Å². The highest BCUT2D eigenvalue weighted by Gasteiger charge is 2.29. The number of rotatable bonds is 6. The monoisotopic (exact) mass is 331 g/mol. The smallest absolute Gasteiger partial charge is 0.223 e. The van der Waals surface area contributed by atoms with Gasteiger partial charge in [-0.25, -0.2) is 0 Å². The highest BCUT2D eigenvalue weighted by atomic mass is 32.2. The van der Waals surface area contributed by atoms with Gasteiger partial charge in [-0.15, -0.1) is 11.8 Å². The van der Waals surface area contributed by atoms with E-state index in [2.05, 4.69) is 46.0 Å². The van der Waals surface area contributed by atoms with Gasteiger partial charge in [0.1, 0.15) is 0 Å². The molecular formula is C18H21NOS2. The van der Waals surface area contributed by atoms with Crippen LogP contribution in [0, 0.1) is 0 Å². The number of hydrogen-bond acceptors (Lipinski definition) is 3. The zero-order valence-corrected chi connectivity index (χ0v) is 14.2. The van der Waals surface area contributed by atoms with Gasteiger partial charge < -0.3 is 4.90 Å². The van der Waals surface area contributed by atoms with Gasteiger partial charge in [0.2, 0.25) is 5.91 Å². The number of carbonyl (C=O) groups is 1. The number of carbonyl (C=O) groups excluding carboxylic acids is 1. The lowest BCUT2D eigenvalue weighted by molar-refractivity contribution is -0.132. The third-order valence-electron chi connectivity index (χ3n) is 4.05. The molecule has 0 spiro atoms. The largest absolute Gasteiger partial charge is 0.336 e. The summed E-state index contributed by atoms with van der Waals surface area (Å²) in [7, 11) is 0. The number of thioether (sulfide) groups is 1. The molecule has 0 radical (unpaired) electrons. The summed E-state index contributed by atoms with van der Waals surface area (Å²) in [6.07, 6.45) is 3.86. The Balaban J connectivity index is 1.45. The molecule has 2 heterocycles. The number of thiophene rings is 1. The molecule has 1 aliphatic heterocycles. The maximum absolute atomic E-state index is 12.5. The summed E-state index contributed by atoms with van der Waals surface area (Å²) in [5.41, 5.74) is 1.31. The fourth-order valence-electron chi connectivity index (χ4n) is 2.95. The summed E-state index contributed by atoms with van der Waals surface area (Å²) >= 11 is 3.55. The molecule has 1 fully saturated rings. The minimum Gasteiger partial charge on any atom is -0.336 e. The summed E-state index contributed by atoms with van der Waals surface area (Å²) in [6.45, 7) is 0.922. The number of nitrogens with zero attached hydrogens (tertiary/aromatic N) is 1. The van der Waals surface area contributed by atoms with Crippen molar-refractivity contribution in [3.63, 3.8) is 0 Å². The summed E-state index contributed by atoms with van der Waals surface area (Å²) < 4.78 is 0. The van der Waals surface area contributed by atoms with Crippen molar-refractivity contribution in [1.29, 1.82) is 0 Å². The van der Waals surface area contributed by atoms with Crippen LogP contribution in [0.25, 0.3) is 0 Å². The van der Waals surface area contributed by atoms with Crippen LogP contribution in [0.5, 0.6) is 0 Å². The molecular weight excluding hydrogens is 310 g/mol. The average molecular weight is 332 g/mol. The second-order valence-corrected chi connectivity index (χ2v) is 7.52. The third-order valence-corrected chi connectivity index (χ3v) is 5.85. The number of amides is 1. The standard InChI is InChI=1S/C18H21NOS2/c20-18(9-5-12-22-16-6-2-1-3-7-16)19-11-4-8-17(19)15-10-13-21-14-15/h1-3,6-7,10,13-14,17H,4-5,8-9,11-12H2. The van der Waals surface area contributed by atoms with Gasteiger partial charge in [-0.1, -0.05) is 18.2 Å². The maximum Gasteiger partial charge on any atom is 0.223 e. The van der Waals surface area contributed by atoms with E-state index < -0.39 is 0 Å². The van der Waals surface area contributed by atoms with E-state index in [0.717, 1.165) is 31.6 Å². The van der Waals surface area contributed by atoms with Gasteiger partial charge in [0.25, 0.3) is 0 Å². The molecule has 2 nitrogen and oxygen atoms in total. The summed E-state index contributed by atoms with van der Waals surface area (Å²) in [6, 6.07) is 12.9. The molecule has 0 N–H and O–H groups in total. The highest BCUT2D eigenvalue weighted by Crippen LogP contribution is 2.33. The van der Waals surface area contributed by atoms with Gasteiger partial charge in [-0.05, 0) is 59.5 Å². The molecule has 4 heteroatoms. The van der Waals surface area contributed by atoms with Crippen LogP contribution in [0.1, 0.15) is 37.3 Å². The minimum absolute atomic E-state index is 0.320. The van der Waals surface area contributed by atoms with Crippen LogP contribution >= 0.6 is 23.1 Å². The van der Waals surface area contributed by atoms with Crippen LogP contribution in [0.2, 0.25) is 0 Å². The molecule has 1 amide bonds. The Kier molecular flexibility index (Phi) is 5.57. The predicted molar refractivity (Wildman–Crippen MR) is 94.4 cm³/mol. The quantitative estimate of drug-likeness (QED) is 0.549. The summed E-state index contributed by atoms with van der Waals surface area (Å²) in [4.78, 5) is 15.9. The van der Waals surface area contributed by atoms with Gasteiger partial charge >= 0.3 is 0 Å². The third kappa shape index (κ3) is 3.93. The van der Waals surface area contributed by atoms with E-state index in [0.29, 0.717) is 18.4 Å². The van der Waals surface area contributed by atoms with Crippen LogP contribution in [0.3, 0.4) is 0 Å². The lowest BCUT2D eigenvalue weighted by atomic mass is 10.1. The molecule has 2 aromatic rings. The van der Waals surface area contributed by atoms with Crippen molar-refractivity contribution in [2.24, 2.45) is 0 Å². The van der Waals surface area contributed by atoms with Crippen LogP contribution in [0.4, 0.5) is 0 Å². The SMILES string of the molecule is O=C(CCCSc1ccccc1)N1CCCC1c1ccsc1. The van der Waals surface area contributed by atoms with Crippen molar-refractivity contribution in [1.82, 2.24) is 4.90 Å². The molecule has 1 atom stereocenters. The van der Waals surface area contributed by atoms with Crippen LogP contribution in [-0.4, -0.2) is 23.1 Å². The van der Waals surface area contributed by atoms with Crippen molar-refractivity contribution in [3.8, 4) is 0 Å². The first-order chi connectivity index (χ1) is 10.8. The van der Waals surface area contributed by atoms with E-state index in [1.165, 1.54) is 10.5 Å². The average Bonchev–Trinajstić information content (AvgIpc) is 3.22. The Hall–Kier alpha value is -1.26. The normalized spacial score (nSPS) is 17.8. The predicted octanol–water partition coefficient (Wildman–Crippen LogP) is 4.98. The van der Waals surface area contributed by atoms with Gasteiger partial charge in [-0.2, -0.15) is 11.3 Å². The van der Waals surface area contributed by atoms with Gasteiger partial charge in [0.05, 0.1) is 6.04 Å². The second kappa shape index (κ2) is 7.84. The van der Waals surface area contributed by atoms with Crippen molar-refractivity contribution >= 4 is 29.0 Å². The first kappa shape index (κ1) is 15.6. The molecule has 0 bridgehead atoms. The fraction of sp³-hybridized carbons (Fsp3) is 0.389. The van der Waals surface area contributed by atoms with E-state index >= 15 is 0 Å². The molecule has 1 aromatic heterocycles. The molecule has 0 aliphatic carbocycles. The van der Waals surface area contributed by atoms with Crippen molar-refractivity contribution in [2.75, 3.05) is 12.3 Å². The van der Waals surface area contributed by atoms with E-state index in [1.807, 2.05) is 17.8 Å². The maximum atomic E-state index is 12.5. The first-order valence-corrected chi connectivity index (χ1v) is 9.77. The highest BCUT2D eigenvalue weighted by molar-refractivity contribution is 7.99. The molecule has 1 aliphatic rings. The summed E-state index contributed by atoms with van der Waals surface area (Å²) in [5.74, 6) is 1.33. The van der Waals surface area contributed by atoms with E-state index in [-0.39, 0.29) is 0 Å². The molecule has 0 saturated carbocycles. The Morgan fingerprint density at radius 3 is 2.91 bits per heavy atom. The number of likely N-dealkylation sites (tertiary alicyclic amines) is 1. The van der Waals surface area contributed by atoms with E-state index in [1.54, 1.807) is 11.3 Å². The van der Waals surface area contributed by atoms with Gasteiger partial charge in [0.15, 0.2) is 0 Å². The lowest BCUT2D eigenvalue weighted by Gasteiger charge is -2.24. The van der Waals surface area contributed by atoms with Crippen LogP contribution in [0.15, 0.2) is 52.1 Å². The van der Waals surface area contributed by atoms with Gasteiger partial charge in [-0.3, -0.25) is 4.79 Å². The van der Waals surface area contributed by atoms with Gasteiger partial charge in [0, 0.05) is 17.9 Å². The molecule has 1 unspecified atom stereocenters. The Morgan fingerprint density at radius 1 is 1.27 bits per heavy atom. The molecule has 1 aromatic carbocycles. The number of benzene rings is 1. The van der Waals surface area contributed by atoms with E-state index in [4.69, 9.17) is 0 Å². The second-order valence-electron chi connectivity index (χ2n) is 5.57. The molecule has 1 saturated heterocycles. The Bertz CT molecular complexity index is 582. The first-order valence-electron chi connectivity index (χ1n) is 7.84. The Labute approximate surface area is 140 Å². The summed E-state index contributed by atoms with van der Waals surface area (Å²) in [5, 5.41) is 4.29. The molecule has 3 rings (SSSR count). The topological polar surface area (TPSA) is 20.3 Å². The molecule has 116 valence electrons. The van der Waals surface area contributed by atoms with Crippen molar-refractivity contribution in [2.45, 2.75) is 36.6 Å². The fourth-order valence-corrected chi connectivity index (χ4v) is 4.53. The van der Waals surface area contributed by atoms with Crippen LogP contribution < -0.4 is 0 Å². The minimum atomic E-state index is 0.320. The Morgan fingerprint density at radius 2 is 2.14 bits per heavy atom. The number of hydrogen-bond donors (Lipinski definition) is 0. The van der Waals surface area contributed by atoms with Crippen LogP contribution in [-0.2, 0) is 4.79 Å². The van der Waals surface area contributed by atoms with E-state index in [9.17, 15) is 4.79 Å².